The lowest BCUT2D eigenvalue weighted by atomic mass is 10.3. The molecule has 1 amide bonds. The second-order valence-electron chi connectivity index (χ2n) is 4.31. The highest BCUT2D eigenvalue weighted by molar-refractivity contribution is 9.10. The zero-order valence-corrected chi connectivity index (χ0v) is 12.6. The minimum absolute atomic E-state index is 0.0570. The third-order valence-electron chi connectivity index (χ3n) is 2.74. The highest BCUT2D eigenvalue weighted by Gasteiger charge is 2.17. The van der Waals surface area contributed by atoms with E-state index in [0.717, 1.165) is 18.7 Å². The number of aryl methyl sites for hydroxylation is 1. The summed E-state index contributed by atoms with van der Waals surface area (Å²) in [5.41, 5.74) is 0.606. The van der Waals surface area contributed by atoms with Crippen LogP contribution < -0.4 is 0 Å². The molecule has 0 saturated heterocycles. The highest BCUT2D eigenvalue weighted by atomic mass is 79.9. The fourth-order valence-corrected chi connectivity index (χ4v) is 2.18. The van der Waals surface area contributed by atoms with Crippen molar-refractivity contribution in [2.75, 3.05) is 7.05 Å². The van der Waals surface area contributed by atoms with Crippen LogP contribution in [0.2, 0.25) is 0 Å². The lowest BCUT2D eigenvalue weighted by Gasteiger charge is -2.16. The lowest BCUT2D eigenvalue weighted by Crippen LogP contribution is -2.28. The summed E-state index contributed by atoms with van der Waals surface area (Å²) >= 11 is 3.25. The molecule has 0 N–H and O–H groups in total. The summed E-state index contributed by atoms with van der Waals surface area (Å²) in [5.74, 6) is 0.683. The number of aromatic nitrogens is 2. The molecule has 0 aromatic carbocycles. The van der Waals surface area contributed by atoms with Gasteiger partial charge < -0.3 is 9.32 Å². The molecule has 19 heavy (non-hydrogen) atoms. The van der Waals surface area contributed by atoms with Crippen molar-refractivity contribution < 1.29 is 9.21 Å². The molecule has 102 valence electrons. The molecule has 0 fully saturated rings. The molecule has 2 aromatic rings. The van der Waals surface area contributed by atoms with Gasteiger partial charge in [0, 0.05) is 19.8 Å². The van der Waals surface area contributed by atoms with Crippen molar-refractivity contribution in [3.05, 3.63) is 40.5 Å². The van der Waals surface area contributed by atoms with Gasteiger partial charge in [-0.1, -0.05) is 6.92 Å². The van der Waals surface area contributed by atoms with Gasteiger partial charge in [0.25, 0.3) is 5.91 Å². The molecule has 0 radical (unpaired) electrons. The van der Waals surface area contributed by atoms with Gasteiger partial charge in [0.05, 0.1) is 6.54 Å². The molecular weight excluding hydrogens is 310 g/mol. The summed E-state index contributed by atoms with van der Waals surface area (Å²) in [5, 5.41) is 4.16. The van der Waals surface area contributed by atoms with Gasteiger partial charge in [-0.05, 0) is 40.5 Å². The molecule has 0 aliphatic rings. The van der Waals surface area contributed by atoms with Gasteiger partial charge in [-0.3, -0.25) is 9.48 Å². The van der Waals surface area contributed by atoms with Crippen molar-refractivity contribution in [3.63, 3.8) is 0 Å². The zero-order valence-electron chi connectivity index (χ0n) is 11.0. The van der Waals surface area contributed by atoms with Crippen LogP contribution in [-0.4, -0.2) is 27.6 Å². The third kappa shape index (κ3) is 3.26. The molecule has 5 nitrogen and oxygen atoms in total. The molecule has 0 unspecified atom stereocenters. The van der Waals surface area contributed by atoms with Crippen molar-refractivity contribution in [3.8, 4) is 0 Å². The van der Waals surface area contributed by atoms with Crippen molar-refractivity contribution in [1.82, 2.24) is 14.7 Å². The first-order chi connectivity index (χ1) is 9.11. The number of rotatable bonds is 5. The van der Waals surface area contributed by atoms with Crippen molar-refractivity contribution in [2.24, 2.45) is 0 Å². The van der Waals surface area contributed by atoms with Gasteiger partial charge >= 0.3 is 0 Å². The number of carbonyl (C=O) groups is 1. The Labute approximate surface area is 120 Å². The van der Waals surface area contributed by atoms with Crippen LogP contribution in [0.3, 0.4) is 0 Å². The van der Waals surface area contributed by atoms with Crippen LogP contribution in [0.5, 0.6) is 0 Å². The molecule has 0 atom stereocenters. The summed E-state index contributed by atoms with van der Waals surface area (Å²) in [6, 6.07) is 5.40. The lowest BCUT2D eigenvalue weighted by molar-refractivity contribution is 0.0762. The molecule has 2 heterocycles. The van der Waals surface area contributed by atoms with E-state index in [1.54, 1.807) is 28.9 Å². The molecule has 0 bridgehead atoms. The maximum Gasteiger partial charge on any atom is 0.272 e. The maximum atomic E-state index is 12.3. The van der Waals surface area contributed by atoms with Crippen molar-refractivity contribution in [1.29, 1.82) is 0 Å². The number of nitrogens with zero attached hydrogens (tertiary/aromatic N) is 3. The monoisotopic (exact) mass is 325 g/mol. The van der Waals surface area contributed by atoms with Crippen LogP contribution in [0.1, 0.15) is 29.6 Å². The van der Waals surface area contributed by atoms with Gasteiger partial charge in [0.2, 0.25) is 0 Å². The predicted molar refractivity (Wildman–Crippen MR) is 74.7 cm³/mol. The summed E-state index contributed by atoms with van der Waals surface area (Å²) in [4.78, 5) is 13.9. The number of hydrogen-bond acceptors (Lipinski definition) is 3. The largest absolute Gasteiger partial charge is 0.452 e. The van der Waals surface area contributed by atoms with Crippen molar-refractivity contribution in [2.45, 2.75) is 26.4 Å². The fourth-order valence-electron chi connectivity index (χ4n) is 1.84. The minimum atomic E-state index is -0.0570. The van der Waals surface area contributed by atoms with Crippen LogP contribution in [-0.2, 0) is 13.1 Å². The fraction of sp³-hybridized carbons (Fsp3) is 0.385. The Morgan fingerprint density at radius 3 is 2.89 bits per heavy atom. The summed E-state index contributed by atoms with van der Waals surface area (Å²) in [6.07, 6.45) is 2.59. The van der Waals surface area contributed by atoms with E-state index >= 15 is 0 Å². The predicted octanol–water partition coefficient (Wildman–Crippen LogP) is 2.92. The van der Waals surface area contributed by atoms with E-state index in [1.165, 1.54) is 0 Å². The van der Waals surface area contributed by atoms with Crippen LogP contribution in [0, 0.1) is 0 Å². The second-order valence-corrected chi connectivity index (χ2v) is 5.09. The second kappa shape index (κ2) is 6.06. The minimum Gasteiger partial charge on any atom is -0.452 e. The molecule has 0 aliphatic carbocycles. The van der Waals surface area contributed by atoms with Gasteiger partial charge in [-0.25, -0.2) is 0 Å². The van der Waals surface area contributed by atoms with Gasteiger partial charge in [-0.2, -0.15) is 5.10 Å². The van der Waals surface area contributed by atoms with Crippen LogP contribution in [0.15, 0.2) is 33.5 Å². The quantitative estimate of drug-likeness (QED) is 0.849. The van der Waals surface area contributed by atoms with E-state index in [4.69, 9.17) is 4.42 Å². The van der Waals surface area contributed by atoms with E-state index in [2.05, 4.69) is 28.0 Å². The Hall–Kier alpha value is -1.56. The van der Waals surface area contributed by atoms with Gasteiger partial charge in [-0.15, -0.1) is 0 Å². The number of hydrogen-bond donors (Lipinski definition) is 0. The first kappa shape index (κ1) is 13.9. The highest BCUT2D eigenvalue weighted by Crippen LogP contribution is 2.16. The zero-order chi connectivity index (χ0) is 13.8. The van der Waals surface area contributed by atoms with E-state index in [-0.39, 0.29) is 5.91 Å². The number of amides is 1. The van der Waals surface area contributed by atoms with Gasteiger partial charge in [0.15, 0.2) is 4.67 Å². The Morgan fingerprint density at radius 2 is 2.26 bits per heavy atom. The molecule has 0 saturated carbocycles. The summed E-state index contributed by atoms with van der Waals surface area (Å²) in [6.45, 7) is 3.23. The maximum absolute atomic E-state index is 12.3. The summed E-state index contributed by atoms with van der Waals surface area (Å²) < 4.78 is 7.80. The Bertz CT molecular complexity index is 562. The topological polar surface area (TPSA) is 51.3 Å². The van der Waals surface area contributed by atoms with Crippen molar-refractivity contribution >= 4 is 21.8 Å². The van der Waals surface area contributed by atoms with Crippen LogP contribution >= 0.6 is 15.9 Å². The standard InChI is InChI=1S/C13H16BrN3O2/c1-3-8-17-11(6-7-15-17)13(18)16(2)9-10-4-5-12(14)19-10/h4-7H,3,8-9H2,1-2H3. The number of halogens is 1. The first-order valence-electron chi connectivity index (χ1n) is 6.13. The third-order valence-corrected chi connectivity index (χ3v) is 3.17. The Kier molecular flexibility index (Phi) is 4.42. The number of carbonyl (C=O) groups excluding carboxylic acids is 1. The summed E-state index contributed by atoms with van der Waals surface area (Å²) in [7, 11) is 1.75. The average Bonchev–Trinajstić information content (AvgIpc) is 2.98. The van der Waals surface area contributed by atoms with Crippen LogP contribution in [0.25, 0.3) is 0 Å². The molecular formula is C13H16BrN3O2. The van der Waals surface area contributed by atoms with E-state index in [9.17, 15) is 4.79 Å². The normalized spacial score (nSPS) is 10.7. The Morgan fingerprint density at radius 1 is 1.47 bits per heavy atom. The molecule has 2 rings (SSSR count). The van der Waals surface area contributed by atoms with Crippen LogP contribution in [0.4, 0.5) is 0 Å². The average molecular weight is 326 g/mol. The molecule has 0 aliphatic heterocycles. The molecule has 0 spiro atoms. The first-order valence-corrected chi connectivity index (χ1v) is 6.92. The number of furan rings is 1. The SMILES string of the molecule is CCCn1nccc1C(=O)N(C)Cc1ccc(Br)o1. The molecule has 6 heteroatoms. The Balaban J connectivity index is 2.08. The molecule has 2 aromatic heterocycles. The van der Waals surface area contributed by atoms with E-state index in [1.807, 2.05) is 12.1 Å². The van der Waals surface area contributed by atoms with E-state index < -0.39 is 0 Å². The smallest absolute Gasteiger partial charge is 0.272 e. The van der Waals surface area contributed by atoms with E-state index in [0.29, 0.717) is 16.9 Å². The van der Waals surface area contributed by atoms with Gasteiger partial charge in [0.1, 0.15) is 11.5 Å².